The fraction of sp³-hybridized carbons (Fsp3) is 0.370. The molecule has 206 valence electrons. The summed E-state index contributed by atoms with van der Waals surface area (Å²) in [6.45, 7) is 5.43. The number of halogens is 4. The van der Waals surface area contributed by atoms with Gasteiger partial charge in [-0.1, -0.05) is 11.6 Å². The van der Waals surface area contributed by atoms with Crippen molar-refractivity contribution in [3.05, 3.63) is 74.7 Å². The van der Waals surface area contributed by atoms with Gasteiger partial charge < -0.3 is 10.2 Å². The molecule has 1 aromatic carbocycles. The third-order valence-electron chi connectivity index (χ3n) is 7.31. The summed E-state index contributed by atoms with van der Waals surface area (Å²) in [4.78, 5) is 24.8. The number of pyridine rings is 1. The summed E-state index contributed by atoms with van der Waals surface area (Å²) in [6, 6.07) is 8.28. The van der Waals surface area contributed by atoms with E-state index in [2.05, 4.69) is 15.3 Å². The Hall–Kier alpha value is -2.60. The summed E-state index contributed by atoms with van der Waals surface area (Å²) >= 11 is 7.77. The van der Waals surface area contributed by atoms with E-state index in [9.17, 15) is 18.0 Å². The fourth-order valence-corrected chi connectivity index (χ4v) is 10.3. The topological polar surface area (TPSA) is 63.1 Å². The molecule has 6 rings (SSSR count). The first-order valence-electron chi connectivity index (χ1n) is 12.7. The van der Waals surface area contributed by atoms with Crippen LogP contribution in [0.15, 0.2) is 62.0 Å². The zero-order valence-electron chi connectivity index (χ0n) is 21.2. The number of hydrogen-bond donors (Lipinski definition) is 2. The lowest BCUT2D eigenvalue weighted by Crippen LogP contribution is -2.55. The predicted molar refractivity (Wildman–Crippen MR) is 152 cm³/mol. The molecule has 4 atom stereocenters. The fourth-order valence-electron chi connectivity index (χ4n) is 5.76. The number of benzene rings is 1. The number of aromatic nitrogens is 3. The van der Waals surface area contributed by atoms with E-state index in [1.54, 1.807) is 17.0 Å². The summed E-state index contributed by atoms with van der Waals surface area (Å²) in [7, 11) is -1.27. The van der Waals surface area contributed by atoms with Crippen molar-refractivity contribution in [2.24, 2.45) is 0 Å². The van der Waals surface area contributed by atoms with Gasteiger partial charge >= 0.3 is 11.9 Å². The minimum Gasteiger partial charge on any atom is -0.353 e. The van der Waals surface area contributed by atoms with Gasteiger partial charge in [0.2, 0.25) is 0 Å². The second kappa shape index (κ2) is 10.1. The van der Waals surface area contributed by atoms with Crippen LogP contribution < -0.4 is 15.9 Å². The molecule has 0 spiro atoms. The number of nitrogens with one attached hydrogen (secondary N) is 1. The Balaban J connectivity index is 1.66. The highest BCUT2D eigenvalue weighted by Crippen LogP contribution is 2.55. The standard InChI is InChI=1S/C27H27ClF3N5OS2/c1-15-10-35(11-16(2)33-15)25-21-7-19(27(29,30)31)8-22-24(21)36(26(37)34-25)12-18(17-3-5-32-6-4-17)14-39(22)23-9-20(28)13-38-23/h3-9,13,15-16,18,33,39H,10-12,14H2,1-2H3/t15-,16+,18?. The molecule has 2 aliphatic heterocycles. The lowest BCUT2D eigenvalue weighted by molar-refractivity contribution is -0.137. The average Bonchev–Trinajstić information content (AvgIpc) is 3.23. The molecule has 1 fully saturated rings. The highest BCUT2D eigenvalue weighted by molar-refractivity contribution is 8.18. The maximum Gasteiger partial charge on any atom is 0.416 e. The van der Waals surface area contributed by atoms with Crippen LogP contribution in [0.3, 0.4) is 0 Å². The van der Waals surface area contributed by atoms with Gasteiger partial charge in [0.25, 0.3) is 0 Å². The van der Waals surface area contributed by atoms with Gasteiger partial charge in [0, 0.05) is 69.9 Å². The minimum atomic E-state index is -4.56. The first-order chi connectivity index (χ1) is 18.6. The van der Waals surface area contributed by atoms with Crippen LogP contribution >= 0.6 is 33.8 Å². The zero-order chi connectivity index (χ0) is 27.5. The molecule has 5 heterocycles. The molecule has 0 bridgehead atoms. The van der Waals surface area contributed by atoms with Crippen LogP contribution in [0.4, 0.5) is 19.0 Å². The maximum absolute atomic E-state index is 14.4. The monoisotopic (exact) mass is 593 g/mol. The van der Waals surface area contributed by atoms with Crippen molar-refractivity contribution in [3.63, 3.8) is 0 Å². The quantitative estimate of drug-likeness (QED) is 0.288. The van der Waals surface area contributed by atoms with Crippen molar-refractivity contribution in [1.82, 2.24) is 19.9 Å². The predicted octanol–water partition coefficient (Wildman–Crippen LogP) is 5.93. The normalized spacial score (nSPS) is 24.6. The zero-order valence-corrected chi connectivity index (χ0v) is 23.7. The number of thiol groups is 1. The highest BCUT2D eigenvalue weighted by atomic mass is 35.5. The summed E-state index contributed by atoms with van der Waals surface area (Å²) < 4.78 is 45.6. The molecular formula is C27H27ClF3N5OS2. The number of piperazine rings is 1. The van der Waals surface area contributed by atoms with Crippen LogP contribution in [-0.4, -0.2) is 45.5 Å². The molecule has 0 aliphatic carbocycles. The lowest BCUT2D eigenvalue weighted by Gasteiger charge is -2.37. The smallest absolute Gasteiger partial charge is 0.353 e. The van der Waals surface area contributed by atoms with Gasteiger partial charge in [0.05, 0.1) is 16.1 Å². The molecule has 2 aliphatic rings. The Kier molecular flexibility index (Phi) is 6.89. The van der Waals surface area contributed by atoms with Gasteiger partial charge in [-0.15, -0.1) is 11.3 Å². The van der Waals surface area contributed by atoms with Crippen LogP contribution in [0, 0.1) is 0 Å². The largest absolute Gasteiger partial charge is 0.416 e. The van der Waals surface area contributed by atoms with E-state index >= 15 is 0 Å². The van der Waals surface area contributed by atoms with Gasteiger partial charge in [0.1, 0.15) is 5.82 Å². The minimum absolute atomic E-state index is 0.0930. The molecular weight excluding hydrogens is 567 g/mol. The first kappa shape index (κ1) is 26.6. The molecule has 3 aromatic heterocycles. The van der Waals surface area contributed by atoms with E-state index in [0.717, 1.165) is 9.77 Å². The van der Waals surface area contributed by atoms with Crippen LogP contribution in [-0.2, 0) is 12.7 Å². The Morgan fingerprint density at radius 1 is 1.10 bits per heavy atom. The number of alkyl halides is 3. The van der Waals surface area contributed by atoms with Crippen molar-refractivity contribution in [1.29, 1.82) is 0 Å². The number of hydrogen-bond acceptors (Lipinski definition) is 6. The third kappa shape index (κ3) is 5.05. The van der Waals surface area contributed by atoms with E-state index in [1.165, 1.54) is 23.5 Å². The van der Waals surface area contributed by atoms with E-state index in [-0.39, 0.29) is 18.0 Å². The summed E-state index contributed by atoms with van der Waals surface area (Å²) in [5.74, 6) is 0.778. The summed E-state index contributed by atoms with van der Waals surface area (Å²) in [5.41, 5.74) is 0.353. The average molecular weight is 594 g/mol. The molecule has 1 saturated heterocycles. The molecule has 1 N–H and O–H groups in total. The van der Waals surface area contributed by atoms with Gasteiger partial charge in [-0.3, -0.25) is 9.55 Å². The first-order valence-corrected chi connectivity index (χ1v) is 15.4. The Morgan fingerprint density at radius 2 is 1.82 bits per heavy atom. The number of anilines is 1. The van der Waals surface area contributed by atoms with Crippen molar-refractivity contribution >= 4 is 50.6 Å². The van der Waals surface area contributed by atoms with Gasteiger partial charge in [0.15, 0.2) is 0 Å². The second-order valence-electron chi connectivity index (χ2n) is 10.3. The van der Waals surface area contributed by atoms with Crippen molar-refractivity contribution in [2.75, 3.05) is 23.7 Å². The van der Waals surface area contributed by atoms with Crippen LogP contribution in [0.5, 0.6) is 0 Å². The highest BCUT2D eigenvalue weighted by Gasteiger charge is 2.36. The van der Waals surface area contributed by atoms with Crippen molar-refractivity contribution in [3.8, 4) is 0 Å². The second-order valence-corrected chi connectivity index (χ2v) is 14.1. The van der Waals surface area contributed by atoms with Gasteiger partial charge in [-0.05, 0) is 55.5 Å². The number of nitrogens with zero attached hydrogens (tertiary/aromatic N) is 4. The van der Waals surface area contributed by atoms with Crippen LogP contribution in [0.1, 0.15) is 30.9 Å². The van der Waals surface area contributed by atoms with Crippen LogP contribution in [0.25, 0.3) is 10.9 Å². The van der Waals surface area contributed by atoms with E-state index < -0.39 is 28.3 Å². The lowest BCUT2D eigenvalue weighted by atomic mass is 10.0. The molecule has 2 unspecified atom stereocenters. The van der Waals surface area contributed by atoms with Gasteiger partial charge in [-0.2, -0.15) is 29.1 Å². The van der Waals surface area contributed by atoms with E-state index in [0.29, 0.717) is 52.0 Å². The molecule has 0 saturated carbocycles. The third-order valence-corrected chi connectivity index (χ3v) is 11.8. The number of thiophene rings is 1. The van der Waals surface area contributed by atoms with Crippen LogP contribution in [0.2, 0.25) is 5.02 Å². The van der Waals surface area contributed by atoms with Crippen molar-refractivity contribution < 1.29 is 13.2 Å². The molecule has 0 radical (unpaired) electrons. The Morgan fingerprint density at radius 3 is 2.46 bits per heavy atom. The molecule has 12 heteroatoms. The Bertz CT molecular complexity index is 1580. The SMILES string of the molecule is C[C@@H]1CN(c2nc(=O)n3c4c(cc(C(F)(F)F)cc24)[SH](c2cc(Cl)cs2)CC(c2ccncc2)C3)C[C@H](C)N1. The molecule has 0 amide bonds. The van der Waals surface area contributed by atoms with Gasteiger partial charge in [-0.25, -0.2) is 4.79 Å². The number of rotatable bonds is 3. The maximum atomic E-state index is 14.4. The van der Waals surface area contributed by atoms with E-state index in [1.807, 2.05) is 42.3 Å². The van der Waals surface area contributed by atoms with Crippen molar-refractivity contribution in [2.45, 2.75) is 53.7 Å². The molecule has 6 nitrogen and oxygen atoms in total. The summed E-state index contributed by atoms with van der Waals surface area (Å²) in [5, 5.41) is 6.18. The Labute approximate surface area is 235 Å². The molecule has 4 aromatic rings. The molecule has 39 heavy (non-hydrogen) atoms. The summed E-state index contributed by atoms with van der Waals surface area (Å²) in [6.07, 6.45) is -1.16. The van der Waals surface area contributed by atoms with E-state index in [4.69, 9.17) is 11.6 Å².